The van der Waals surface area contributed by atoms with Crippen LogP contribution < -0.4 is 11.1 Å². The van der Waals surface area contributed by atoms with Crippen LogP contribution in [0.15, 0.2) is 0 Å². The summed E-state index contributed by atoms with van der Waals surface area (Å²) in [7, 11) is 0. The van der Waals surface area contributed by atoms with E-state index in [9.17, 15) is 9.59 Å². The molecule has 2 bridgehead atoms. The first-order valence-electron chi connectivity index (χ1n) is 8.82. The van der Waals surface area contributed by atoms with Crippen molar-refractivity contribution >= 4 is 11.8 Å². The molecule has 3 rings (SSSR count). The van der Waals surface area contributed by atoms with Crippen LogP contribution in [0.4, 0.5) is 0 Å². The maximum Gasteiger partial charge on any atom is 0.225 e. The van der Waals surface area contributed by atoms with E-state index in [1.165, 1.54) is 6.42 Å². The van der Waals surface area contributed by atoms with Crippen LogP contribution in [0.1, 0.15) is 46.0 Å². The van der Waals surface area contributed by atoms with E-state index in [1.807, 2.05) is 18.7 Å². The normalized spacial score (nSPS) is 35.2. The first kappa shape index (κ1) is 15.8. The van der Waals surface area contributed by atoms with Crippen molar-refractivity contribution in [3.63, 3.8) is 0 Å². The molecule has 5 nitrogen and oxygen atoms in total. The maximum atomic E-state index is 12.6. The SMILES string of the molecule is CC(C)C(=O)N1CCC(NC(=O)C2C3CCC(C3)C2N)CC1. The third kappa shape index (κ3) is 2.87. The van der Waals surface area contributed by atoms with Gasteiger partial charge in [-0.25, -0.2) is 0 Å². The minimum atomic E-state index is 0.0223. The molecule has 1 aliphatic heterocycles. The summed E-state index contributed by atoms with van der Waals surface area (Å²) in [6.45, 7) is 5.38. The van der Waals surface area contributed by atoms with E-state index in [1.54, 1.807) is 0 Å². The van der Waals surface area contributed by atoms with Crippen LogP contribution in [0.5, 0.6) is 0 Å². The second-order valence-electron chi connectivity index (χ2n) is 7.70. The Hall–Kier alpha value is -1.10. The molecule has 2 saturated carbocycles. The van der Waals surface area contributed by atoms with Crippen molar-refractivity contribution in [3.8, 4) is 0 Å². The van der Waals surface area contributed by atoms with Crippen LogP contribution in [0.2, 0.25) is 0 Å². The van der Waals surface area contributed by atoms with Gasteiger partial charge in [0.1, 0.15) is 0 Å². The van der Waals surface area contributed by atoms with E-state index in [4.69, 9.17) is 5.73 Å². The van der Waals surface area contributed by atoms with Gasteiger partial charge < -0.3 is 16.0 Å². The standard InChI is InChI=1S/C17H29N3O2/c1-10(2)17(22)20-7-5-13(6-8-20)19-16(21)14-11-3-4-12(9-11)15(14)18/h10-15H,3-9,18H2,1-2H3,(H,19,21). The summed E-state index contributed by atoms with van der Waals surface area (Å²) in [5.41, 5.74) is 6.25. The number of amides is 2. The van der Waals surface area contributed by atoms with Gasteiger partial charge in [-0.15, -0.1) is 0 Å². The zero-order valence-electron chi connectivity index (χ0n) is 13.8. The van der Waals surface area contributed by atoms with Crippen molar-refractivity contribution < 1.29 is 9.59 Å². The lowest BCUT2D eigenvalue weighted by Crippen LogP contribution is -2.51. The predicted molar refractivity (Wildman–Crippen MR) is 84.9 cm³/mol. The van der Waals surface area contributed by atoms with Gasteiger partial charge in [0.25, 0.3) is 0 Å². The molecule has 3 fully saturated rings. The zero-order valence-corrected chi connectivity index (χ0v) is 13.8. The molecule has 0 aromatic heterocycles. The zero-order chi connectivity index (χ0) is 15.9. The van der Waals surface area contributed by atoms with Gasteiger partial charge in [0.15, 0.2) is 0 Å². The van der Waals surface area contributed by atoms with Gasteiger partial charge in [-0.1, -0.05) is 13.8 Å². The first-order chi connectivity index (χ1) is 10.5. The molecule has 1 heterocycles. The van der Waals surface area contributed by atoms with E-state index in [0.29, 0.717) is 11.8 Å². The minimum absolute atomic E-state index is 0.0223. The number of hydrogen-bond acceptors (Lipinski definition) is 3. The lowest BCUT2D eigenvalue weighted by atomic mass is 9.84. The smallest absolute Gasteiger partial charge is 0.225 e. The quantitative estimate of drug-likeness (QED) is 0.820. The molecule has 0 aromatic rings. The Morgan fingerprint density at radius 2 is 1.73 bits per heavy atom. The van der Waals surface area contributed by atoms with E-state index >= 15 is 0 Å². The molecule has 0 spiro atoms. The average molecular weight is 307 g/mol. The summed E-state index contributed by atoms with van der Waals surface area (Å²) in [6.07, 6.45) is 5.23. The van der Waals surface area contributed by atoms with E-state index < -0.39 is 0 Å². The Balaban J connectivity index is 1.49. The van der Waals surface area contributed by atoms with Crippen molar-refractivity contribution in [2.45, 2.75) is 58.0 Å². The lowest BCUT2D eigenvalue weighted by Gasteiger charge is -2.35. The highest BCUT2D eigenvalue weighted by atomic mass is 16.2. The number of likely N-dealkylation sites (tertiary alicyclic amines) is 1. The summed E-state index contributed by atoms with van der Waals surface area (Å²) in [6, 6.07) is 0.261. The molecule has 1 saturated heterocycles. The van der Waals surface area contributed by atoms with Crippen LogP contribution >= 0.6 is 0 Å². The average Bonchev–Trinajstić information content (AvgIpc) is 3.08. The molecule has 124 valence electrons. The number of carbonyl (C=O) groups is 2. The van der Waals surface area contributed by atoms with Gasteiger partial charge in [0.2, 0.25) is 11.8 Å². The fraction of sp³-hybridized carbons (Fsp3) is 0.882. The second kappa shape index (κ2) is 6.19. The van der Waals surface area contributed by atoms with Crippen molar-refractivity contribution in [1.29, 1.82) is 0 Å². The molecular formula is C17H29N3O2. The fourth-order valence-electron chi connectivity index (χ4n) is 4.63. The van der Waals surface area contributed by atoms with Gasteiger partial charge in [-0.05, 0) is 43.9 Å². The number of nitrogens with one attached hydrogen (secondary N) is 1. The highest BCUT2D eigenvalue weighted by Gasteiger charge is 2.49. The molecule has 2 amide bonds. The summed E-state index contributed by atoms with van der Waals surface area (Å²) >= 11 is 0. The number of carbonyl (C=O) groups excluding carboxylic acids is 2. The first-order valence-corrected chi connectivity index (χ1v) is 8.82. The van der Waals surface area contributed by atoms with Crippen LogP contribution in [0.25, 0.3) is 0 Å². The van der Waals surface area contributed by atoms with Crippen molar-refractivity contribution in [1.82, 2.24) is 10.2 Å². The molecule has 2 aliphatic carbocycles. The van der Waals surface area contributed by atoms with Gasteiger partial charge in [-0.3, -0.25) is 9.59 Å². The Labute approximate surface area is 133 Å². The summed E-state index contributed by atoms with van der Waals surface area (Å²) in [4.78, 5) is 26.5. The Morgan fingerprint density at radius 3 is 2.27 bits per heavy atom. The molecule has 0 aromatic carbocycles. The third-order valence-corrected chi connectivity index (χ3v) is 5.93. The molecule has 4 atom stereocenters. The number of fused-ring (bicyclic) bond motifs is 2. The van der Waals surface area contributed by atoms with Crippen molar-refractivity contribution in [2.75, 3.05) is 13.1 Å². The van der Waals surface area contributed by atoms with Crippen LogP contribution in [-0.2, 0) is 9.59 Å². The van der Waals surface area contributed by atoms with Crippen LogP contribution in [-0.4, -0.2) is 41.9 Å². The predicted octanol–water partition coefficient (Wildman–Crippen LogP) is 1.12. The number of rotatable bonds is 3. The monoisotopic (exact) mass is 307 g/mol. The molecule has 0 radical (unpaired) electrons. The fourth-order valence-corrected chi connectivity index (χ4v) is 4.63. The van der Waals surface area contributed by atoms with Crippen LogP contribution in [0, 0.1) is 23.7 Å². The number of nitrogens with zero attached hydrogens (tertiary/aromatic N) is 1. The van der Waals surface area contributed by atoms with Crippen LogP contribution in [0.3, 0.4) is 0 Å². The lowest BCUT2D eigenvalue weighted by molar-refractivity contribution is -0.135. The number of piperidine rings is 1. The summed E-state index contributed by atoms with van der Waals surface area (Å²) in [5, 5.41) is 3.21. The highest BCUT2D eigenvalue weighted by molar-refractivity contribution is 5.81. The maximum absolute atomic E-state index is 12.6. The minimum Gasteiger partial charge on any atom is -0.353 e. The van der Waals surface area contributed by atoms with Crippen molar-refractivity contribution in [2.24, 2.45) is 29.4 Å². The highest BCUT2D eigenvalue weighted by Crippen LogP contribution is 2.47. The molecule has 22 heavy (non-hydrogen) atoms. The Bertz CT molecular complexity index is 441. The summed E-state index contributed by atoms with van der Waals surface area (Å²) < 4.78 is 0. The van der Waals surface area contributed by atoms with E-state index in [-0.39, 0.29) is 35.7 Å². The van der Waals surface area contributed by atoms with Crippen molar-refractivity contribution in [3.05, 3.63) is 0 Å². The number of nitrogens with two attached hydrogens (primary N) is 1. The third-order valence-electron chi connectivity index (χ3n) is 5.93. The van der Waals surface area contributed by atoms with E-state index in [2.05, 4.69) is 5.32 Å². The molecule has 3 N–H and O–H groups in total. The number of hydrogen-bond donors (Lipinski definition) is 2. The van der Waals surface area contributed by atoms with Gasteiger partial charge >= 0.3 is 0 Å². The molecule has 4 unspecified atom stereocenters. The molecule has 5 heteroatoms. The van der Waals surface area contributed by atoms with Gasteiger partial charge in [0.05, 0.1) is 5.92 Å². The second-order valence-corrected chi connectivity index (χ2v) is 7.70. The topological polar surface area (TPSA) is 75.4 Å². The molecule has 3 aliphatic rings. The largest absolute Gasteiger partial charge is 0.353 e. The summed E-state index contributed by atoms with van der Waals surface area (Å²) in [5.74, 6) is 1.52. The molecular weight excluding hydrogens is 278 g/mol. The van der Waals surface area contributed by atoms with E-state index in [0.717, 1.165) is 38.8 Å². The van der Waals surface area contributed by atoms with Gasteiger partial charge in [-0.2, -0.15) is 0 Å². The Kier molecular flexibility index (Phi) is 4.44. The Morgan fingerprint density at radius 1 is 1.09 bits per heavy atom. The van der Waals surface area contributed by atoms with Gasteiger partial charge in [0, 0.05) is 31.1 Å².